The molecule has 0 aliphatic carbocycles. The maximum absolute atomic E-state index is 10.0. The third kappa shape index (κ3) is 3.06. The lowest BCUT2D eigenvalue weighted by Crippen LogP contribution is -2.19. The number of aryl methyl sites for hydroxylation is 3. The summed E-state index contributed by atoms with van der Waals surface area (Å²) < 4.78 is 0. The minimum atomic E-state index is -0.795. The summed E-state index contributed by atoms with van der Waals surface area (Å²) in [6.07, 6.45) is -0.954. The Hall–Kier alpha value is -0.380. The van der Waals surface area contributed by atoms with Crippen molar-refractivity contribution in [1.29, 1.82) is 0 Å². The van der Waals surface area contributed by atoms with Gasteiger partial charge >= 0.3 is 0 Å². The van der Waals surface area contributed by atoms with E-state index >= 15 is 0 Å². The fourth-order valence-corrected chi connectivity index (χ4v) is 2.25. The standard InChI is InChI=1S/C13H19BrO2/c1-8-6-10(3)11(7-9(8)2)13(16)12(15)4-5-14/h6-7,12-13,15-16H,4-5H2,1-3H3. The molecule has 2 N–H and O–H groups in total. The van der Waals surface area contributed by atoms with Gasteiger partial charge in [-0.05, 0) is 49.4 Å². The minimum absolute atomic E-state index is 0.549. The molecule has 16 heavy (non-hydrogen) atoms. The van der Waals surface area contributed by atoms with Crippen LogP contribution in [0.15, 0.2) is 12.1 Å². The number of rotatable bonds is 4. The maximum atomic E-state index is 10.0. The van der Waals surface area contributed by atoms with Crippen molar-refractivity contribution in [3.05, 3.63) is 34.4 Å². The normalized spacial score (nSPS) is 14.9. The highest BCUT2D eigenvalue weighted by atomic mass is 79.9. The summed E-state index contributed by atoms with van der Waals surface area (Å²) in [7, 11) is 0. The van der Waals surface area contributed by atoms with Crippen LogP contribution in [-0.2, 0) is 0 Å². The van der Waals surface area contributed by atoms with Gasteiger partial charge in [-0.15, -0.1) is 0 Å². The molecule has 2 unspecified atom stereocenters. The van der Waals surface area contributed by atoms with Crippen molar-refractivity contribution in [3.63, 3.8) is 0 Å². The van der Waals surface area contributed by atoms with E-state index in [1.165, 1.54) is 5.56 Å². The first kappa shape index (κ1) is 13.7. The molecule has 0 spiro atoms. The molecule has 90 valence electrons. The van der Waals surface area contributed by atoms with Crippen LogP contribution in [0.25, 0.3) is 0 Å². The van der Waals surface area contributed by atoms with E-state index in [2.05, 4.69) is 22.0 Å². The molecule has 2 atom stereocenters. The van der Waals surface area contributed by atoms with Gasteiger partial charge in [0.1, 0.15) is 6.10 Å². The molecule has 1 aromatic rings. The highest BCUT2D eigenvalue weighted by Crippen LogP contribution is 2.25. The van der Waals surface area contributed by atoms with Gasteiger partial charge in [0.2, 0.25) is 0 Å². The fourth-order valence-electron chi connectivity index (χ4n) is 1.78. The van der Waals surface area contributed by atoms with Crippen molar-refractivity contribution in [3.8, 4) is 0 Å². The van der Waals surface area contributed by atoms with Gasteiger partial charge in [-0.2, -0.15) is 0 Å². The maximum Gasteiger partial charge on any atom is 0.105 e. The summed E-state index contributed by atoms with van der Waals surface area (Å²) in [5.41, 5.74) is 4.22. The lowest BCUT2D eigenvalue weighted by molar-refractivity contribution is 0.0169. The Morgan fingerprint density at radius 3 is 2.19 bits per heavy atom. The molecule has 0 radical (unpaired) electrons. The average molecular weight is 287 g/mol. The molecule has 0 aliphatic rings. The summed E-state index contributed by atoms with van der Waals surface area (Å²) >= 11 is 3.26. The molecule has 0 fully saturated rings. The van der Waals surface area contributed by atoms with E-state index in [1.54, 1.807) is 0 Å². The SMILES string of the molecule is Cc1cc(C)c(C(O)C(O)CCBr)cc1C. The summed E-state index contributed by atoms with van der Waals surface area (Å²) in [4.78, 5) is 0. The Balaban J connectivity index is 2.99. The number of halogens is 1. The van der Waals surface area contributed by atoms with Crippen molar-refractivity contribution in [2.45, 2.75) is 39.4 Å². The van der Waals surface area contributed by atoms with E-state index in [9.17, 15) is 10.2 Å². The zero-order valence-corrected chi connectivity index (χ0v) is 11.6. The Bertz CT molecular complexity index is 363. The van der Waals surface area contributed by atoms with E-state index in [-0.39, 0.29) is 0 Å². The number of benzene rings is 1. The zero-order chi connectivity index (χ0) is 12.3. The van der Waals surface area contributed by atoms with E-state index in [0.29, 0.717) is 11.8 Å². The van der Waals surface area contributed by atoms with Crippen molar-refractivity contribution in [2.75, 3.05) is 5.33 Å². The third-order valence-corrected chi connectivity index (χ3v) is 3.43. The van der Waals surface area contributed by atoms with E-state index < -0.39 is 12.2 Å². The molecule has 1 aromatic carbocycles. The monoisotopic (exact) mass is 286 g/mol. The number of alkyl halides is 1. The fraction of sp³-hybridized carbons (Fsp3) is 0.538. The second-order valence-electron chi connectivity index (χ2n) is 4.28. The molecule has 0 saturated heterocycles. The van der Waals surface area contributed by atoms with Crippen LogP contribution in [0, 0.1) is 20.8 Å². The van der Waals surface area contributed by atoms with Crippen LogP contribution in [0.3, 0.4) is 0 Å². The Morgan fingerprint density at radius 2 is 1.62 bits per heavy atom. The van der Waals surface area contributed by atoms with Gasteiger partial charge in [-0.25, -0.2) is 0 Å². The molecule has 1 rings (SSSR count). The summed E-state index contributed by atoms with van der Waals surface area (Å²) in [6, 6.07) is 4.02. The molecule has 0 bridgehead atoms. The van der Waals surface area contributed by atoms with Gasteiger partial charge in [-0.1, -0.05) is 28.1 Å². The van der Waals surface area contributed by atoms with Crippen molar-refractivity contribution in [1.82, 2.24) is 0 Å². The number of hydrogen-bond acceptors (Lipinski definition) is 2. The van der Waals surface area contributed by atoms with Gasteiger partial charge < -0.3 is 10.2 Å². The summed E-state index contributed by atoms with van der Waals surface area (Å²) in [5, 5.41) is 20.5. The lowest BCUT2D eigenvalue weighted by Gasteiger charge is -2.20. The predicted molar refractivity (Wildman–Crippen MR) is 70.0 cm³/mol. The summed E-state index contributed by atoms with van der Waals surface area (Å²) in [6.45, 7) is 6.03. The molecule has 0 amide bonds. The number of aliphatic hydroxyl groups is 2. The quantitative estimate of drug-likeness (QED) is 0.836. The zero-order valence-electron chi connectivity index (χ0n) is 10.00. The van der Waals surface area contributed by atoms with E-state index in [0.717, 1.165) is 16.7 Å². The molecular formula is C13H19BrO2. The van der Waals surface area contributed by atoms with Gasteiger partial charge in [0.25, 0.3) is 0 Å². The van der Waals surface area contributed by atoms with Crippen LogP contribution in [0.4, 0.5) is 0 Å². The molecular weight excluding hydrogens is 268 g/mol. The van der Waals surface area contributed by atoms with Crippen molar-refractivity contribution >= 4 is 15.9 Å². The first-order valence-electron chi connectivity index (χ1n) is 5.47. The first-order chi connectivity index (χ1) is 7.47. The lowest BCUT2D eigenvalue weighted by atomic mass is 9.94. The predicted octanol–water partition coefficient (Wildman–Crippen LogP) is 2.79. The van der Waals surface area contributed by atoms with Gasteiger partial charge in [0.15, 0.2) is 0 Å². The molecule has 2 nitrogen and oxygen atoms in total. The Morgan fingerprint density at radius 1 is 1.06 bits per heavy atom. The molecule has 0 aromatic heterocycles. The van der Waals surface area contributed by atoms with E-state index in [4.69, 9.17) is 0 Å². The molecule has 0 saturated carbocycles. The average Bonchev–Trinajstić information content (AvgIpc) is 2.23. The number of aliphatic hydroxyl groups excluding tert-OH is 2. The largest absolute Gasteiger partial charge is 0.390 e. The van der Waals surface area contributed by atoms with Gasteiger partial charge in [-0.3, -0.25) is 0 Å². The highest BCUT2D eigenvalue weighted by molar-refractivity contribution is 9.09. The number of hydrogen-bond donors (Lipinski definition) is 2. The molecule has 0 heterocycles. The smallest absolute Gasteiger partial charge is 0.105 e. The highest BCUT2D eigenvalue weighted by Gasteiger charge is 2.19. The van der Waals surface area contributed by atoms with E-state index in [1.807, 2.05) is 26.8 Å². The first-order valence-corrected chi connectivity index (χ1v) is 6.59. The minimum Gasteiger partial charge on any atom is -0.390 e. The van der Waals surface area contributed by atoms with Crippen molar-refractivity contribution in [2.24, 2.45) is 0 Å². The van der Waals surface area contributed by atoms with Crippen LogP contribution in [0.5, 0.6) is 0 Å². The Kier molecular flexibility index (Phi) is 4.96. The molecule has 0 aliphatic heterocycles. The second-order valence-corrected chi connectivity index (χ2v) is 5.08. The van der Waals surface area contributed by atoms with Crippen LogP contribution >= 0.6 is 15.9 Å². The van der Waals surface area contributed by atoms with Gasteiger partial charge in [0, 0.05) is 5.33 Å². The second kappa shape index (κ2) is 5.80. The molecule has 3 heteroatoms. The third-order valence-electron chi connectivity index (χ3n) is 2.97. The van der Waals surface area contributed by atoms with Crippen molar-refractivity contribution < 1.29 is 10.2 Å². The van der Waals surface area contributed by atoms with Crippen LogP contribution in [0.1, 0.15) is 34.8 Å². The van der Waals surface area contributed by atoms with Crippen LogP contribution in [-0.4, -0.2) is 21.6 Å². The topological polar surface area (TPSA) is 40.5 Å². The Labute approximate surface area is 105 Å². The van der Waals surface area contributed by atoms with Crippen LogP contribution < -0.4 is 0 Å². The van der Waals surface area contributed by atoms with Crippen LogP contribution in [0.2, 0.25) is 0 Å². The summed E-state index contributed by atoms with van der Waals surface area (Å²) in [5.74, 6) is 0. The van der Waals surface area contributed by atoms with Gasteiger partial charge in [0.05, 0.1) is 6.10 Å².